The second kappa shape index (κ2) is 5.68. The number of nitrogens with zero attached hydrogens (tertiary/aromatic N) is 1. The van der Waals surface area contributed by atoms with Gasteiger partial charge in [-0.05, 0) is 66.6 Å². The fourth-order valence-corrected chi connectivity index (χ4v) is 3.11. The third kappa shape index (κ3) is 3.94. The van der Waals surface area contributed by atoms with Crippen molar-refractivity contribution in [3.8, 4) is 0 Å². The van der Waals surface area contributed by atoms with Gasteiger partial charge >= 0.3 is 0 Å². The molecule has 2 N–H and O–H groups in total. The van der Waals surface area contributed by atoms with Gasteiger partial charge in [0.15, 0.2) is 0 Å². The van der Waals surface area contributed by atoms with Crippen molar-refractivity contribution in [3.63, 3.8) is 0 Å². The van der Waals surface area contributed by atoms with Gasteiger partial charge in [-0.15, -0.1) is 0 Å². The summed E-state index contributed by atoms with van der Waals surface area (Å²) in [5.74, 6) is 0. The summed E-state index contributed by atoms with van der Waals surface area (Å²) in [6.45, 7) is 14.1. The number of nitrogens with two attached hydrogens (primary N) is 1. The molecular formula is C14H30N2O. The molecule has 0 amide bonds. The van der Waals surface area contributed by atoms with Crippen LogP contribution in [0.3, 0.4) is 0 Å². The van der Waals surface area contributed by atoms with E-state index in [1.807, 2.05) is 0 Å². The van der Waals surface area contributed by atoms with Crippen LogP contribution in [-0.4, -0.2) is 41.8 Å². The topological polar surface area (TPSA) is 38.5 Å². The molecule has 0 bridgehead atoms. The first-order chi connectivity index (χ1) is 7.82. The van der Waals surface area contributed by atoms with Crippen LogP contribution < -0.4 is 5.73 Å². The van der Waals surface area contributed by atoms with Crippen molar-refractivity contribution in [2.75, 3.05) is 19.6 Å². The van der Waals surface area contributed by atoms with Crippen LogP contribution in [0.4, 0.5) is 0 Å². The summed E-state index contributed by atoms with van der Waals surface area (Å²) >= 11 is 0. The summed E-state index contributed by atoms with van der Waals surface area (Å²) < 4.78 is 6.18. The molecule has 0 saturated carbocycles. The third-order valence-corrected chi connectivity index (χ3v) is 3.63. The Morgan fingerprint density at radius 1 is 1.24 bits per heavy atom. The average molecular weight is 242 g/mol. The summed E-state index contributed by atoms with van der Waals surface area (Å²) in [6, 6.07) is 0.518. The van der Waals surface area contributed by atoms with E-state index in [-0.39, 0.29) is 11.2 Å². The maximum absolute atomic E-state index is 6.18. The maximum Gasteiger partial charge on any atom is 0.0789 e. The monoisotopic (exact) mass is 242 g/mol. The second-order valence-electron chi connectivity index (χ2n) is 6.36. The van der Waals surface area contributed by atoms with Crippen LogP contribution in [0.2, 0.25) is 0 Å². The Balaban J connectivity index is 2.72. The van der Waals surface area contributed by atoms with Gasteiger partial charge < -0.3 is 10.5 Å². The molecule has 0 aromatic heterocycles. The zero-order valence-electron chi connectivity index (χ0n) is 12.3. The minimum absolute atomic E-state index is 0.00285. The van der Waals surface area contributed by atoms with E-state index in [4.69, 9.17) is 10.5 Å². The molecule has 3 nitrogen and oxygen atoms in total. The van der Waals surface area contributed by atoms with E-state index in [1.54, 1.807) is 0 Å². The van der Waals surface area contributed by atoms with E-state index in [1.165, 1.54) is 6.42 Å². The largest absolute Gasteiger partial charge is 0.368 e. The standard InChI is InChI=1S/C14H30N2O/c1-6-9-16(10-7-8-15)12-11-13(2,3)17-14(12,4)5/h12H,6-11,15H2,1-5H3. The highest BCUT2D eigenvalue weighted by atomic mass is 16.5. The first-order valence-electron chi connectivity index (χ1n) is 6.96. The Bertz CT molecular complexity index is 238. The molecule has 1 atom stereocenters. The van der Waals surface area contributed by atoms with Gasteiger partial charge in [-0.25, -0.2) is 0 Å². The van der Waals surface area contributed by atoms with Crippen molar-refractivity contribution >= 4 is 0 Å². The molecule has 0 aliphatic carbocycles. The van der Waals surface area contributed by atoms with Crippen molar-refractivity contribution in [3.05, 3.63) is 0 Å². The molecule has 102 valence electrons. The number of hydrogen-bond donors (Lipinski definition) is 1. The molecule has 1 fully saturated rings. The lowest BCUT2D eigenvalue weighted by Gasteiger charge is -2.36. The Hall–Kier alpha value is -0.120. The van der Waals surface area contributed by atoms with E-state index < -0.39 is 0 Å². The summed E-state index contributed by atoms with van der Waals surface area (Å²) in [6.07, 6.45) is 3.38. The molecule has 1 heterocycles. The Morgan fingerprint density at radius 3 is 2.29 bits per heavy atom. The van der Waals surface area contributed by atoms with E-state index in [9.17, 15) is 0 Å². The average Bonchev–Trinajstić information content (AvgIpc) is 2.41. The molecule has 0 radical (unpaired) electrons. The Labute approximate surface area is 107 Å². The molecule has 3 heteroatoms. The zero-order valence-corrected chi connectivity index (χ0v) is 12.3. The summed E-state index contributed by atoms with van der Waals surface area (Å²) in [4.78, 5) is 2.57. The molecule has 1 aliphatic heterocycles. The molecule has 1 rings (SSSR count). The summed E-state index contributed by atoms with van der Waals surface area (Å²) in [7, 11) is 0. The lowest BCUT2D eigenvalue weighted by molar-refractivity contribution is -0.0805. The molecule has 0 aromatic carbocycles. The van der Waals surface area contributed by atoms with Crippen molar-refractivity contribution in [1.82, 2.24) is 4.90 Å². The first kappa shape index (κ1) is 14.9. The molecule has 1 aliphatic rings. The lowest BCUT2D eigenvalue weighted by Crippen LogP contribution is -2.47. The predicted molar refractivity (Wildman–Crippen MR) is 73.2 cm³/mol. The quantitative estimate of drug-likeness (QED) is 0.777. The highest BCUT2D eigenvalue weighted by Gasteiger charge is 2.47. The van der Waals surface area contributed by atoms with Crippen LogP contribution in [0.25, 0.3) is 0 Å². The van der Waals surface area contributed by atoms with Crippen molar-refractivity contribution in [2.45, 2.75) is 71.1 Å². The number of rotatable bonds is 6. The SMILES string of the molecule is CCCN(CCCN)C1CC(C)(C)OC1(C)C. The first-order valence-corrected chi connectivity index (χ1v) is 6.96. The van der Waals surface area contributed by atoms with Crippen LogP contribution in [0, 0.1) is 0 Å². The van der Waals surface area contributed by atoms with E-state index in [0.717, 1.165) is 32.5 Å². The Morgan fingerprint density at radius 2 is 1.88 bits per heavy atom. The lowest BCUT2D eigenvalue weighted by atomic mass is 9.92. The summed E-state index contributed by atoms with van der Waals surface area (Å²) in [5, 5.41) is 0. The molecule has 1 saturated heterocycles. The Kier molecular flexibility index (Phi) is 4.99. The van der Waals surface area contributed by atoms with Crippen molar-refractivity contribution < 1.29 is 4.74 Å². The van der Waals surface area contributed by atoms with Gasteiger partial charge in [0.1, 0.15) is 0 Å². The highest BCUT2D eigenvalue weighted by Crippen LogP contribution is 2.40. The predicted octanol–water partition coefficient (Wildman–Crippen LogP) is 2.39. The van der Waals surface area contributed by atoms with Crippen LogP contribution in [0.1, 0.15) is 53.9 Å². The van der Waals surface area contributed by atoms with Crippen LogP contribution in [0.15, 0.2) is 0 Å². The number of ether oxygens (including phenoxy) is 1. The molecular weight excluding hydrogens is 212 g/mol. The maximum atomic E-state index is 6.18. The zero-order chi connectivity index (χ0) is 13.1. The molecule has 0 spiro atoms. The van der Waals surface area contributed by atoms with Crippen LogP contribution >= 0.6 is 0 Å². The molecule has 1 unspecified atom stereocenters. The minimum atomic E-state index is -0.0483. The smallest absolute Gasteiger partial charge is 0.0789 e. The van der Waals surface area contributed by atoms with E-state index >= 15 is 0 Å². The van der Waals surface area contributed by atoms with Gasteiger partial charge in [-0.1, -0.05) is 6.92 Å². The number of hydrogen-bond acceptors (Lipinski definition) is 3. The van der Waals surface area contributed by atoms with Gasteiger partial charge in [0, 0.05) is 6.04 Å². The van der Waals surface area contributed by atoms with Crippen molar-refractivity contribution in [2.24, 2.45) is 5.73 Å². The van der Waals surface area contributed by atoms with Crippen molar-refractivity contribution in [1.29, 1.82) is 0 Å². The van der Waals surface area contributed by atoms with Gasteiger partial charge in [-0.2, -0.15) is 0 Å². The van der Waals surface area contributed by atoms with Crippen LogP contribution in [-0.2, 0) is 4.74 Å². The second-order valence-corrected chi connectivity index (χ2v) is 6.36. The fraction of sp³-hybridized carbons (Fsp3) is 1.00. The fourth-order valence-electron chi connectivity index (χ4n) is 3.11. The molecule has 0 aromatic rings. The van der Waals surface area contributed by atoms with Gasteiger partial charge in [0.05, 0.1) is 11.2 Å². The summed E-state index contributed by atoms with van der Waals surface area (Å²) in [5.41, 5.74) is 5.59. The van der Waals surface area contributed by atoms with Gasteiger partial charge in [0.25, 0.3) is 0 Å². The third-order valence-electron chi connectivity index (χ3n) is 3.63. The van der Waals surface area contributed by atoms with Gasteiger partial charge in [-0.3, -0.25) is 4.90 Å². The minimum Gasteiger partial charge on any atom is -0.368 e. The van der Waals surface area contributed by atoms with Crippen LogP contribution in [0.5, 0.6) is 0 Å². The van der Waals surface area contributed by atoms with E-state index in [0.29, 0.717) is 6.04 Å². The normalized spacial score (nSPS) is 26.6. The molecule has 17 heavy (non-hydrogen) atoms. The van der Waals surface area contributed by atoms with E-state index in [2.05, 4.69) is 39.5 Å². The highest BCUT2D eigenvalue weighted by molar-refractivity contribution is 4.99. The van der Waals surface area contributed by atoms with Gasteiger partial charge in [0.2, 0.25) is 0 Å².